The van der Waals surface area contributed by atoms with E-state index in [-0.39, 0.29) is 5.91 Å². The molecule has 132 valence electrons. The van der Waals surface area contributed by atoms with Gasteiger partial charge in [-0.1, -0.05) is 12.1 Å². The summed E-state index contributed by atoms with van der Waals surface area (Å²) >= 11 is 1.68. The number of carbonyl (C=O) groups excluding carboxylic acids is 1. The Morgan fingerprint density at radius 2 is 2.12 bits per heavy atom. The van der Waals surface area contributed by atoms with Gasteiger partial charge in [0.15, 0.2) is 0 Å². The first-order valence-corrected chi connectivity index (χ1v) is 9.84. The molecule has 4 rings (SSSR count). The van der Waals surface area contributed by atoms with Crippen molar-refractivity contribution in [3.8, 4) is 5.75 Å². The summed E-state index contributed by atoms with van der Waals surface area (Å²) in [5, 5.41) is 7.66. The summed E-state index contributed by atoms with van der Waals surface area (Å²) in [4.78, 5) is 15.5. The monoisotopic (exact) mass is 356 g/mol. The molecule has 1 N–H and O–H groups in total. The summed E-state index contributed by atoms with van der Waals surface area (Å²) in [5.41, 5.74) is 2.19. The van der Waals surface area contributed by atoms with Gasteiger partial charge in [0.1, 0.15) is 5.75 Å². The van der Waals surface area contributed by atoms with Gasteiger partial charge in [-0.2, -0.15) is 11.3 Å². The molecule has 4 nitrogen and oxygen atoms in total. The van der Waals surface area contributed by atoms with Crippen LogP contribution in [0, 0.1) is 5.41 Å². The van der Waals surface area contributed by atoms with Gasteiger partial charge < -0.3 is 15.0 Å². The summed E-state index contributed by atoms with van der Waals surface area (Å²) in [7, 11) is 1.63. The lowest BCUT2D eigenvalue weighted by molar-refractivity contribution is 0.0689. The fourth-order valence-corrected chi connectivity index (χ4v) is 4.77. The first-order chi connectivity index (χ1) is 12.2. The summed E-state index contributed by atoms with van der Waals surface area (Å²) in [6, 6.07) is 10.0. The van der Waals surface area contributed by atoms with Crippen LogP contribution in [-0.4, -0.2) is 37.0 Å². The van der Waals surface area contributed by atoms with E-state index in [0.717, 1.165) is 32.4 Å². The molecule has 5 heteroatoms. The lowest BCUT2D eigenvalue weighted by Gasteiger charge is -2.30. The fraction of sp³-hybridized carbons (Fsp3) is 0.450. The van der Waals surface area contributed by atoms with Crippen LogP contribution in [-0.2, 0) is 6.54 Å². The Labute approximate surface area is 152 Å². The number of methoxy groups -OCH3 is 1. The number of amides is 1. The zero-order chi connectivity index (χ0) is 17.3. The number of carbonyl (C=O) groups is 1. The molecule has 1 atom stereocenters. The molecule has 0 unspecified atom stereocenters. The van der Waals surface area contributed by atoms with Gasteiger partial charge in [-0.25, -0.2) is 0 Å². The van der Waals surface area contributed by atoms with Gasteiger partial charge in [-0.15, -0.1) is 0 Å². The van der Waals surface area contributed by atoms with Crippen molar-refractivity contribution in [1.29, 1.82) is 0 Å². The normalized spacial score (nSPS) is 21.1. The van der Waals surface area contributed by atoms with Gasteiger partial charge in [0.25, 0.3) is 5.91 Å². The number of ether oxygens (including phenoxy) is 1. The average Bonchev–Trinajstić information content (AvgIpc) is 3.08. The number of para-hydroxylation sites is 1. The molecule has 1 aromatic carbocycles. The summed E-state index contributed by atoms with van der Waals surface area (Å²) in [6.07, 6.45) is 3.45. The maximum Gasteiger partial charge on any atom is 0.258 e. The maximum absolute atomic E-state index is 13.4. The molecule has 2 aromatic rings. The van der Waals surface area contributed by atoms with Crippen LogP contribution >= 0.6 is 11.3 Å². The Kier molecular flexibility index (Phi) is 4.52. The minimum atomic E-state index is 0.0871. The highest BCUT2D eigenvalue weighted by molar-refractivity contribution is 7.07. The summed E-state index contributed by atoms with van der Waals surface area (Å²) in [5.74, 6) is 0.742. The number of nitrogens with one attached hydrogen (secondary N) is 1. The molecule has 1 spiro atoms. The third-order valence-electron chi connectivity index (χ3n) is 5.65. The number of hydrogen-bond acceptors (Lipinski definition) is 4. The van der Waals surface area contributed by atoms with Gasteiger partial charge in [0, 0.05) is 12.6 Å². The average molecular weight is 356 g/mol. The highest BCUT2D eigenvalue weighted by atomic mass is 32.1. The largest absolute Gasteiger partial charge is 0.496 e. The molecule has 25 heavy (non-hydrogen) atoms. The van der Waals surface area contributed by atoms with E-state index in [2.05, 4.69) is 27.0 Å². The molecule has 1 aliphatic heterocycles. The number of piperidine rings is 1. The molecule has 1 aliphatic carbocycles. The fourth-order valence-electron chi connectivity index (χ4n) is 4.11. The Morgan fingerprint density at radius 1 is 1.32 bits per heavy atom. The van der Waals surface area contributed by atoms with Crippen LogP contribution in [0.3, 0.4) is 0 Å². The van der Waals surface area contributed by atoms with Crippen LogP contribution in [0.1, 0.15) is 35.2 Å². The van der Waals surface area contributed by atoms with Gasteiger partial charge in [-0.05, 0) is 72.3 Å². The minimum absolute atomic E-state index is 0.0871. The van der Waals surface area contributed by atoms with Gasteiger partial charge in [-0.3, -0.25) is 4.79 Å². The molecule has 1 saturated carbocycles. The lowest BCUT2D eigenvalue weighted by atomic mass is 9.93. The van der Waals surface area contributed by atoms with Crippen molar-refractivity contribution in [3.63, 3.8) is 0 Å². The number of nitrogens with zero attached hydrogens (tertiary/aromatic N) is 1. The van der Waals surface area contributed by atoms with Crippen molar-refractivity contribution < 1.29 is 9.53 Å². The van der Waals surface area contributed by atoms with Crippen molar-refractivity contribution in [3.05, 3.63) is 52.2 Å². The van der Waals surface area contributed by atoms with Crippen molar-refractivity contribution in [2.45, 2.75) is 31.8 Å². The number of thiophene rings is 1. The van der Waals surface area contributed by atoms with E-state index in [1.54, 1.807) is 18.4 Å². The van der Waals surface area contributed by atoms with Crippen LogP contribution in [0.5, 0.6) is 5.75 Å². The Morgan fingerprint density at radius 3 is 2.84 bits per heavy atom. The van der Waals surface area contributed by atoms with Crippen LogP contribution in [0.4, 0.5) is 0 Å². The molecule has 0 bridgehead atoms. The van der Waals surface area contributed by atoms with Crippen LogP contribution < -0.4 is 10.1 Å². The molecular weight excluding hydrogens is 332 g/mol. The SMILES string of the molecule is COc1ccccc1C(=O)N(Cc1ccsc1)[C@@H]1CC12CCNCC2. The molecule has 2 aliphatic rings. The third kappa shape index (κ3) is 3.18. The molecule has 2 heterocycles. The van der Waals surface area contributed by atoms with Crippen LogP contribution in [0.2, 0.25) is 0 Å². The van der Waals surface area contributed by atoms with Crippen molar-refractivity contribution in [2.24, 2.45) is 5.41 Å². The van der Waals surface area contributed by atoms with Crippen LogP contribution in [0.25, 0.3) is 0 Å². The smallest absolute Gasteiger partial charge is 0.258 e. The van der Waals surface area contributed by atoms with Crippen molar-refractivity contribution in [1.82, 2.24) is 10.2 Å². The highest BCUT2D eigenvalue weighted by Crippen LogP contribution is 2.56. The Hall–Kier alpha value is -1.85. The van der Waals surface area contributed by atoms with Gasteiger partial charge in [0.2, 0.25) is 0 Å². The predicted molar refractivity (Wildman–Crippen MR) is 100 cm³/mol. The summed E-state index contributed by atoms with van der Waals surface area (Å²) < 4.78 is 5.43. The zero-order valence-electron chi connectivity index (χ0n) is 14.5. The van der Waals surface area contributed by atoms with E-state index in [9.17, 15) is 4.79 Å². The Bertz CT molecular complexity index is 738. The standard InChI is InChI=1S/C20H24N2O2S/c1-24-17-5-3-2-4-16(17)19(23)22(13-15-6-11-25-14-15)18-12-20(18)7-9-21-10-8-20/h2-6,11,14,18,21H,7-10,12-13H2,1H3/t18-/m1/s1. The van der Waals surface area contributed by atoms with E-state index >= 15 is 0 Å². The van der Waals surface area contributed by atoms with Crippen LogP contribution in [0.15, 0.2) is 41.1 Å². The number of hydrogen-bond donors (Lipinski definition) is 1. The molecule has 2 fully saturated rings. The number of benzene rings is 1. The van der Waals surface area contributed by atoms with E-state index in [0.29, 0.717) is 29.3 Å². The molecule has 1 amide bonds. The first-order valence-electron chi connectivity index (χ1n) is 8.89. The van der Waals surface area contributed by atoms with Crippen molar-refractivity contribution in [2.75, 3.05) is 20.2 Å². The van der Waals surface area contributed by atoms with Crippen molar-refractivity contribution >= 4 is 17.2 Å². The molecule has 1 aromatic heterocycles. The van der Waals surface area contributed by atoms with E-state index in [1.165, 1.54) is 5.56 Å². The molecule has 0 radical (unpaired) electrons. The number of rotatable bonds is 5. The predicted octanol–water partition coefficient (Wildman–Crippen LogP) is 3.54. The lowest BCUT2D eigenvalue weighted by Crippen LogP contribution is -2.39. The first kappa shape index (κ1) is 16.6. The third-order valence-corrected chi connectivity index (χ3v) is 6.39. The highest BCUT2D eigenvalue weighted by Gasteiger charge is 2.57. The zero-order valence-corrected chi connectivity index (χ0v) is 15.3. The second-order valence-corrected chi connectivity index (χ2v) is 7.88. The van der Waals surface area contributed by atoms with E-state index in [1.807, 2.05) is 24.3 Å². The topological polar surface area (TPSA) is 41.6 Å². The summed E-state index contributed by atoms with van der Waals surface area (Å²) in [6.45, 7) is 2.80. The van der Waals surface area contributed by atoms with E-state index < -0.39 is 0 Å². The maximum atomic E-state index is 13.4. The molecular formula is C20H24N2O2S. The molecule has 1 saturated heterocycles. The second kappa shape index (κ2) is 6.81. The minimum Gasteiger partial charge on any atom is -0.496 e. The van der Waals surface area contributed by atoms with Gasteiger partial charge >= 0.3 is 0 Å². The Balaban J connectivity index is 1.62. The quantitative estimate of drug-likeness (QED) is 0.891. The second-order valence-electron chi connectivity index (χ2n) is 7.10. The van der Waals surface area contributed by atoms with Gasteiger partial charge in [0.05, 0.1) is 12.7 Å². The van der Waals surface area contributed by atoms with E-state index in [4.69, 9.17) is 4.74 Å².